The Bertz CT molecular complexity index is 1340. The number of thioether (sulfide) groups is 1. The zero-order valence-electron chi connectivity index (χ0n) is 19.1. The number of nitrogens with zero attached hydrogens (tertiary/aromatic N) is 4. The Morgan fingerprint density at radius 2 is 1.74 bits per heavy atom. The number of carbonyl (C=O) groups excluding carboxylic acids is 1. The van der Waals surface area contributed by atoms with Crippen LogP contribution in [0.2, 0.25) is 0 Å². The number of rotatable bonds is 9. The molecule has 2 aromatic carbocycles. The molecule has 1 N–H and O–H groups in total. The smallest absolute Gasteiger partial charge is 0.277 e. The standard InChI is InChI=1S/C26H24FN5O2S/c1-2-11-30-24(33)20-5-9-23(10-6-20)32-15-21(12-19-13-28-17-29-14-19)25(34)31-26(32)35-16-18-3-7-22(27)8-4-18/h3-10,13-15,17H,2,11-12,16H2,1H3,(H,30,33). The fraction of sp³-hybridized carbons (Fsp3) is 0.192. The van der Waals surface area contributed by atoms with Crippen molar-refractivity contribution in [1.29, 1.82) is 0 Å². The van der Waals surface area contributed by atoms with Gasteiger partial charge >= 0.3 is 0 Å². The van der Waals surface area contributed by atoms with E-state index in [0.717, 1.165) is 23.2 Å². The molecule has 4 rings (SSSR count). The van der Waals surface area contributed by atoms with Gasteiger partial charge in [-0.25, -0.2) is 14.4 Å². The molecule has 1 amide bonds. The summed E-state index contributed by atoms with van der Waals surface area (Å²) >= 11 is 1.38. The summed E-state index contributed by atoms with van der Waals surface area (Å²) < 4.78 is 15.1. The molecule has 0 unspecified atom stereocenters. The maximum Gasteiger partial charge on any atom is 0.277 e. The molecule has 0 saturated heterocycles. The molecule has 0 bridgehead atoms. The van der Waals surface area contributed by atoms with E-state index in [9.17, 15) is 14.0 Å². The first-order chi connectivity index (χ1) is 17.0. The van der Waals surface area contributed by atoms with Crippen molar-refractivity contribution in [3.05, 3.63) is 112 Å². The van der Waals surface area contributed by atoms with Crippen LogP contribution in [0.4, 0.5) is 4.39 Å². The summed E-state index contributed by atoms with van der Waals surface area (Å²) in [5.41, 5.74) is 3.19. The molecule has 0 saturated carbocycles. The van der Waals surface area contributed by atoms with Gasteiger partial charge in [-0.05, 0) is 53.9 Å². The number of carbonyl (C=O) groups is 1. The lowest BCUT2D eigenvalue weighted by Gasteiger charge is -2.15. The molecule has 0 aliphatic heterocycles. The van der Waals surface area contributed by atoms with E-state index in [-0.39, 0.29) is 17.3 Å². The topological polar surface area (TPSA) is 89.8 Å². The molecule has 0 radical (unpaired) electrons. The second kappa shape index (κ2) is 11.5. The van der Waals surface area contributed by atoms with Crippen LogP contribution in [0.25, 0.3) is 5.69 Å². The highest BCUT2D eigenvalue weighted by molar-refractivity contribution is 7.98. The van der Waals surface area contributed by atoms with Crippen molar-refractivity contribution in [1.82, 2.24) is 24.8 Å². The number of nitrogens with one attached hydrogen (secondary N) is 1. The molecular formula is C26H24FN5O2S. The first-order valence-electron chi connectivity index (χ1n) is 11.2. The lowest BCUT2D eigenvalue weighted by atomic mass is 10.1. The lowest BCUT2D eigenvalue weighted by Crippen LogP contribution is -2.24. The molecule has 9 heteroatoms. The van der Waals surface area contributed by atoms with Gasteiger partial charge < -0.3 is 5.32 Å². The van der Waals surface area contributed by atoms with Gasteiger partial charge in [0.1, 0.15) is 12.1 Å². The van der Waals surface area contributed by atoms with E-state index in [0.29, 0.717) is 35.0 Å². The Labute approximate surface area is 206 Å². The third kappa shape index (κ3) is 6.39. The van der Waals surface area contributed by atoms with Gasteiger partial charge in [-0.15, -0.1) is 0 Å². The second-order valence-corrected chi connectivity index (χ2v) is 8.81. The fourth-order valence-corrected chi connectivity index (χ4v) is 4.30. The van der Waals surface area contributed by atoms with Crippen LogP contribution in [0.1, 0.15) is 40.4 Å². The van der Waals surface area contributed by atoms with Crippen LogP contribution in [0.5, 0.6) is 0 Å². The van der Waals surface area contributed by atoms with E-state index in [1.807, 2.05) is 23.6 Å². The molecule has 0 atom stereocenters. The quantitative estimate of drug-likeness (QED) is 0.280. The number of benzene rings is 2. The second-order valence-electron chi connectivity index (χ2n) is 7.87. The minimum absolute atomic E-state index is 0.132. The minimum atomic E-state index is -0.331. The van der Waals surface area contributed by atoms with Crippen LogP contribution in [0.15, 0.2) is 83.4 Å². The molecule has 0 spiro atoms. The van der Waals surface area contributed by atoms with Crippen LogP contribution < -0.4 is 10.9 Å². The van der Waals surface area contributed by atoms with Crippen molar-refractivity contribution >= 4 is 17.7 Å². The molecule has 0 fully saturated rings. The van der Waals surface area contributed by atoms with E-state index < -0.39 is 0 Å². The van der Waals surface area contributed by atoms with E-state index in [1.54, 1.807) is 42.9 Å². The van der Waals surface area contributed by atoms with E-state index in [2.05, 4.69) is 20.3 Å². The van der Waals surface area contributed by atoms with Crippen LogP contribution >= 0.6 is 11.8 Å². The van der Waals surface area contributed by atoms with Crippen LogP contribution in [-0.4, -0.2) is 32.0 Å². The fourth-order valence-electron chi connectivity index (χ4n) is 3.37. The Balaban J connectivity index is 1.67. The Morgan fingerprint density at radius 3 is 2.43 bits per heavy atom. The predicted molar refractivity (Wildman–Crippen MR) is 133 cm³/mol. The van der Waals surface area contributed by atoms with Crippen molar-refractivity contribution in [2.24, 2.45) is 0 Å². The van der Waals surface area contributed by atoms with Crippen LogP contribution in [0.3, 0.4) is 0 Å². The number of amides is 1. The van der Waals surface area contributed by atoms with E-state index >= 15 is 0 Å². The SMILES string of the molecule is CCCNC(=O)c1ccc(-n2cc(Cc3cncnc3)c(=O)nc2SCc2ccc(F)cc2)cc1. The van der Waals surface area contributed by atoms with Crippen molar-refractivity contribution in [2.45, 2.75) is 30.7 Å². The van der Waals surface area contributed by atoms with Gasteiger partial charge in [0.2, 0.25) is 0 Å². The van der Waals surface area contributed by atoms with Crippen LogP contribution in [0, 0.1) is 5.82 Å². The average Bonchev–Trinajstić information content (AvgIpc) is 2.89. The van der Waals surface area contributed by atoms with Gasteiger partial charge in [0.15, 0.2) is 5.16 Å². The summed E-state index contributed by atoms with van der Waals surface area (Å²) in [6.45, 7) is 2.61. The first kappa shape index (κ1) is 24.3. The van der Waals surface area contributed by atoms with E-state index in [4.69, 9.17) is 0 Å². The zero-order valence-corrected chi connectivity index (χ0v) is 20.0. The monoisotopic (exact) mass is 489 g/mol. The molecule has 4 aromatic rings. The van der Waals surface area contributed by atoms with E-state index in [1.165, 1.54) is 30.2 Å². The summed E-state index contributed by atoms with van der Waals surface area (Å²) in [6, 6.07) is 13.4. The Morgan fingerprint density at radius 1 is 1.03 bits per heavy atom. The number of hydrogen-bond donors (Lipinski definition) is 1. The molecule has 0 aliphatic carbocycles. The Hall–Kier alpha value is -3.85. The maximum atomic E-state index is 13.3. The summed E-state index contributed by atoms with van der Waals surface area (Å²) in [4.78, 5) is 37.5. The molecule has 35 heavy (non-hydrogen) atoms. The zero-order chi connectivity index (χ0) is 24.6. The first-order valence-corrected chi connectivity index (χ1v) is 12.1. The number of aromatic nitrogens is 4. The van der Waals surface area contributed by atoms with Gasteiger partial charge in [0, 0.05) is 54.1 Å². The molecular weight excluding hydrogens is 465 g/mol. The Kier molecular flexibility index (Phi) is 7.99. The van der Waals surface area contributed by atoms with Gasteiger partial charge in [-0.2, -0.15) is 4.98 Å². The third-order valence-electron chi connectivity index (χ3n) is 5.20. The normalized spacial score (nSPS) is 10.8. The van der Waals surface area contributed by atoms with Gasteiger partial charge in [-0.1, -0.05) is 30.8 Å². The van der Waals surface area contributed by atoms with Crippen molar-refractivity contribution in [3.8, 4) is 5.69 Å². The number of halogens is 1. The summed E-state index contributed by atoms with van der Waals surface area (Å²) in [7, 11) is 0. The molecule has 178 valence electrons. The van der Waals surface area contributed by atoms with Crippen LogP contribution in [-0.2, 0) is 12.2 Å². The van der Waals surface area contributed by atoms with Crippen molar-refractivity contribution in [3.63, 3.8) is 0 Å². The van der Waals surface area contributed by atoms with Crippen molar-refractivity contribution in [2.75, 3.05) is 6.54 Å². The summed E-state index contributed by atoms with van der Waals surface area (Å²) in [6.07, 6.45) is 7.73. The largest absolute Gasteiger partial charge is 0.352 e. The van der Waals surface area contributed by atoms with Crippen molar-refractivity contribution < 1.29 is 9.18 Å². The highest BCUT2D eigenvalue weighted by Crippen LogP contribution is 2.24. The molecule has 7 nitrogen and oxygen atoms in total. The predicted octanol–water partition coefficient (Wildman–Crippen LogP) is 4.18. The van der Waals surface area contributed by atoms with Gasteiger partial charge in [0.05, 0.1) is 0 Å². The van der Waals surface area contributed by atoms with Gasteiger partial charge in [0.25, 0.3) is 11.5 Å². The minimum Gasteiger partial charge on any atom is -0.352 e. The summed E-state index contributed by atoms with van der Waals surface area (Å²) in [5.74, 6) is 0.0778. The molecule has 0 aliphatic rings. The lowest BCUT2D eigenvalue weighted by molar-refractivity contribution is 0.0953. The van der Waals surface area contributed by atoms with Gasteiger partial charge in [-0.3, -0.25) is 14.2 Å². The highest BCUT2D eigenvalue weighted by atomic mass is 32.2. The summed E-state index contributed by atoms with van der Waals surface area (Å²) in [5, 5.41) is 3.36. The maximum absolute atomic E-state index is 13.3. The third-order valence-corrected chi connectivity index (χ3v) is 6.22. The average molecular weight is 490 g/mol. The highest BCUT2D eigenvalue weighted by Gasteiger charge is 2.13. The molecule has 2 aromatic heterocycles. The molecule has 2 heterocycles. The number of hydrogen-bond acceptors (Lipinski definition) is 6.